The zero-order chi connectivity index (χ0) is 14.9. The van der Waals surface area contributed by atoms with Crippen molar-refractivity contribution in [2.75, 3.05) is 5.73 Å². The van der Waals surface area contributed by atoms with E-state index in [4.69, 9.17) is 22.6 Å². The molecule has 2 aromatic rings. The van der Waals surface area contributed by atoms with Crippen molar-refractivity contribution < 1.29 is 13.2 Å². The van der Waals surface area contributed by atoms with Gasteiger partial charge in [0.2, 0.25) is 0 Å². The quantitative estimate of drug-likeness (QED) is 0.789. The second kappa shape index (κ2) is 5.06. The summed E-state index contributed by atoms with van der Waals surface area (Å²) >= 11 is 5.87. The van der Waals surface area contributed by atoms with Crippen LogP contribution in [0, 0.1) is 11.3 Å². The zero-order valence-corrected chi connectivity index (χ0v) is 10.8. The van der Waals surface area contributed by atoms with Gasteiger partial charge in [0.25, 0.3) is 0 Å². The molecule has 0 amide bonds. The van der Waals surface area contributed by atoms with Crippen molar-refractivity contribution in [1.29, 1.82) is 5.26 Å². The first-order chi connectivity index (χ1) is 9.32. The van der Waals surface area contributed by atoms with Gasteiger partial charge in [0.05, 0.1) is 16.8 Å². The Kier molecular flexibility index (Phi) is 3.60. The van der Waals surface area contributed by atoms with E-state index in [1.54, 1.807) is 0 Å². The first-order valence-electron chi connectivity index (χ1n) is 5.49. The molecular weight excluding hydrogens is 289 g/mol. The van der Waals surface area contributed by atoms with Crippen LogP contribution >= 0.6 is 11.6 Å². The summed E-state index contributed by atoms with van der Waals surface area (Å²) in [5, 5.41) is 9.22. The van der Waals surface area contributed by atoms with Crippen molar-refractivity contribution in [2.45, 2.75) is 6.18 Å². The summed E-state index contributed by atoms with van der Waals surface area (Å²) in [4.78, 5) is 0. The summed E-state index contributed by atoms with van der Waals surface area (Å²) in [5.74, 6) is 0. The molecule has 0 aliphatic rings. The lowest BCUT2D eigenvalue weighted by molar-refractivity contribution is -0.137. The highest BCUT2D eigenvalue weighted by Crippen LogP contribution is 2.34. The second-order valence-corrected chi connectivity index (χ2v) is 4.54. The summed E-state index contributed by atoms with van der Waals surface area (Å²) in [6.45, 7) is 0. The number of alkyl halides is 3. The molecule has 2 aromatic carbocycles. The number of hydrogen-bond donors (Lipinski definition) is 1. The lowest BCUT2D eigenvalue weighted by atomic mass is 9.99. The van der Waals surface area contributed by atoms with Crippen LogP contribution in [0.2, 0.25) is 5.02 Å². The molecule has 0 unspecified atom stereocenters. The Hall–Kier alpha value is -2.19. The minimum Gasteiger partial charge on any atom is -0.397 e. The number of rotatable bonds is 1. The maximum absolute atomic E-state index is 12.5. The molecule has 0 saturated carbocycles. The Morgan fingerprint density at radius 2 is 1.70 bits per heavy atom. The predicted molar refractivity (Wildman–Crippen MR) is 71.0 cm³/mol. The number of anilines is 1. The van der Waals surface area contributed by atoms with Crippen LogP contribution in [0.4, 0.5) is 18.9 Å². The topological polar surface area (TPSA) is 49.8 Å². The summed E-state index contributed by atoms with van der Waals surface area (Å²) in [6.07, 6.45) is -4.39. The molecule has 20 heavy (non-hydrogen) atoms. The molecule has 102 valence electrons. The van der Waals surface area contributed by atoms with Crippen molar-refractivity contribution >= 4 is 17.3 Å². The third kappa shape index (κ3) is 2.70. The third-order valence-electron chi connectivity index (χ3n) is 2.79. The summed E-state index contributed by atoms with van der Waals surface area (Å²) in [5.41, 5.74) is 6.35. The molecule has 6 heteroatoms. The summed E-state index contributed by atoms with van der Waals surface area (Å²) in [7, 11) is 0. The molecule has 0 heterocycles. The Bertz CT molecular complexity index is 685. The average molecular weight is 297 g/mol. The van der Waals surface area contributed by atoms with Crippen molar-refractivity contribution in [3.05, 3.63) is 52.5 Å². The third-order valence-corrected chi connectivity index (χ3v) is 3.01. The number of nitriles is 1. The van der Waals surface area contributed by atoms with Gasteiger partial charge in [0.1, 0.15) is 6.07 Å². The maximum atomic E-state index is 12.5. The van der Waals surface area contributed by atoms with Gasteiger partial charge >= 0.3 is 6.18 Å². The van der Waals surface area contributed by atoms with E-state index in [2.05, 4.69) is 0 Å². The van der Waals surface area contributed by atoms with E-state index in [0.29, 0.717) is 16.1 Å². The average Bonchev–Trinajstić information content (AvgIpc) is 2.40. The first-order valence-corrected chi connectivity index (χ1v) is 5.87. The van der Waals surface area contributed by atoms with Crippen molar-refractivity contribution in [2.24, 2.45) is 0 Å². The van der Waals surface area contributed by atoms with Crippen LogP contribution in [0.25, 0.3) is 11.1 Å². The Morgan fingerprint density at radius 1 is 1.10 bits per heavy atom. The van der Waals surface area contributed by atoms with Crippen molar-refractivity contribution in [1.82, 2.24) is 0 Å². The smallest absolute Gasteiger partial charge is 0.397 e. The SMILES string of the molecule is N#Cc1cc(Cl)cc(-c2ccc(C(F)(F)F)cc2)c1N. The molecule has 0 fully saturated rings. The lowest BCUT2D eigenvalue weighted by Gasteiger charge is -2.10. The van der Waals surface area contributed by atoms with Crippen LogP contribution in [0.5, 0.6) is 0 Å². The van der Waals surface area contributed by atoms with Gasteiger partial charge in [0.15, 0.2) is 0 Å². The van der Waals surface area contributed by atoms with Gasteiger partial charge in [-0.1, -0.05) is 23.7 Å². The molecule has 2 rings (SSSR count). The molecule has 0 radical (unpaired) electrons. The molecule has 0 saturated heterocycles. The van der Waals surface area contributed by atoms with E-state index >= 15 is 0 Å². The molecular formula is C14H8ClF3N2. The predicted octanol–water partition coefficient (Wildman–Crippen LogP) is 4.48. The normalized spacial score (nSPS) is 11.2. The fourth-order valence-electron chi connectivity index (χ4n) is 1.79. The van der Waals surface area contributed by atoms with Gasteiger partial charge in [-0.2, -0.15) is 18.4 Å². The van der Waals surface area contributed by atoms with Gasteiger partial charge in [-0.3, -0.25) is 0 Å². The van der Waals surface area contributed by atoms with E-state index in [0.717, 1.165) is 12.1 Å². The number of nitrogen functional groups attached to an aromatic ring is 1. The fraction of sp³-hybridized carbons (Fsp3) is 0.0714. The Labute approximate surface area is 118 Å². The van der Waals surface area contributed by atoms with Crippen molar-refractivity contribution in [3.8, 4) is 17.2 Å². The molecule has 0 aromatic heterocycles. The van der Waals surface area contributed by atoms with E-state index in [1.165, 1.54) is 24.3 Å². The highest BCUT2D eigenvalue weighted by atomic mass is 35.5. The van der Waals surface area contributed by atoms with Gasteiger partial charge in [0, 0.05) is 10.6 Å². The first kappa shape index (κ1) is 14.2. The lowest BCUT2D eigenvalue weighted by Crippen LogP contribution is -2.04. The molecule has 0 aliphatic heterocycles. The van der Waals surface area contributed by atoms with Crippen LogP contribution < -0.4 is 5.73 Å². The Morgan fingerprint density at radius 3 is 2.20 bits per heavy atom. The van der Waals surface area contributed by atoms with Crippen LogP contribution in [-0.4, -0.2) is 0 Å². The van der Waals surface area contributed by atoms with Crippen molar-refractivity contribution in [3.63, 3.8) is 0 Å². The van der Waals surface area contributed by atoms with Crippen LogP contribution in [0.3, 0.4) is 0 Å². The molecule has 2 N–H and O–H groups in total. The number of nitrogens with two attached hydrogens (primary N) is 1. The van der Waals surface area contributed by atoms with Crippen LogP contribution in [-0.2, 0) is 6.18 Å². The van der Waals surface area contributed by atoms with Gasteiger partial charge in [-0.15, -0.1) is 0 Å². The number of benzene rings is 2. The summed E-state index contributed by atoms with van der Waals surface area (Å²) in [6, 6.07) is 9.33. The largest absolute Gasteiger partial charge is 0.416 e. The summed E-state index contributed by atoms with van der Waals surface area (Å²) < 4.78 is 37.5. The second-order valence-electron chi connectivity index (χ2n) is 4.10. The van der Waals surface area contributed by atoms with Gasteiger partial charge in [-0.05, 0) is 29.8 Å². The monoisotopic (exact) mass is 296 g/mol. The van der Waals surface area contributed by atoms with Crippen LogP contribution in [0.15, 0.2) is 36.4 Å². The molecule has 0 spiro atoms. The number of hydrogen-bond acceptors (Lipinski definition) is 2. The minimum absolute atomic E-state index is 0.187. The number of nitrogens with zero attached hydrogens (tertiary/aromatic N) is 1. The van der Waals surface area contributed by atoms with E-state index in [-0.39, 0.29) is 11.3 Å². The van der Waals surface area contributed by atoms with Crippen LogP contribution in [0.1, 0.15) is 11.1 Å². The standard InChI is InChI=1S/C14H8ClF3N2/c15-11-5-9(7-19)13(20)12(6-11)8-1-3-10(4-2-8)14(16,17)18/h1-6H,20H2. The molecule has 0 bridgehead atoms. The molecule has 2 nitrogen and oxygen atoms in total. The fourth-order valence-corrected chi connectivity index (χ4v) is 2.01. The number of halogens is 4. The highest BCUT2D eigenvalue weighted by Gasteiger charge is 2.30. The van der Waals surface area contributed by atoms with E-state index in [9.17, 15) is 13.2 Å². The van der Waals surface area contributed by atoms with Gasteiger partial charge in [-0.25, -0.2) is 0 Å². The molecule has 0 atom stereocenters. The van der Waals surface area contributed by atoms with E-state index < -0.39 is 11.7 Å². The minimum atomic E-state index is -4.39. The van der Waals surface area contributed by atoms with Gasteiger partial charge < -0.3 is 5.73 Å². The zero-order valence-electron chi connectivity index (χ0n) is 10.0. The Balaban J connectivity index is 2.53. The molecule has 0 aliphatic carbocycles. The van der Waals surface area contributed by atoms with E-state index in [1.807, 2.05) is 6.07 Å². The maximum Gasteiger partial charge on any atom is 0.416 e. The highest BCUT2D eigenvalue weighted by molar-refractivity contribution is 6.31.